The zero-order valence-corrected chi connectivity index (χ0v) is 24.4. The van der Waals surface area contributed by atoms with Gasteiger partial charge in [0.25, 0.3) is 17.5 Å². The number of carbonyl (C=O) groups excluding carboxylic acids is 4. The Labute approximate surface area is 250 Å². The van der Waals surface area contributed by atoms with Crippen molar-refractivity contribution >= 4 is 75.2 Å². The first-order chi connectivity index (χ1) is 20.2. The molecule has 18 heteroatoms. The van der Waals surface area contributed by atoms with E-state index in [2.05, 4.69) is 15.5 Å². The number of oxime groups is 1. The number of aliphatic carboxylic acids is 1. The summed E-state index contributed by atoms with van der Waals surface area (Å²) >= 11 is 3.90. The molecule has 0 saturated carbocycles. The highest BCUT2D eigenvalue weighted by Crippen LogP contribution is 2.40. The molecular weight excluding hydrogens is 609 g/mol. The minimum absolute atomic E-state index is 0.156. The molecule has 0 aliphatic carbocycles. The molecule has 3 amide bonds. The van der Waals surface area contributed by atoms with E-state index in [-0.39, 0.29) is 41.1 Å². The van der Waals surface area contributed by atoms with Crippen molar-refractivity contribution in [3.05, 3.63) is 52.9 Å². The molecule has 2 atom stereocenters. The lowest BCUT2D eigenvalue weighted by atomic mass is 10.0. The highest BCUT2D eigenvalue weighted by atomic mass is 32.2. The van der Waals surface area contributed by atoms with E-state index in [4.69, 9.17) is 21.0 Å². The lowest BCUT2D eigenvalue weighted by Crippen LogP contribution is -2.71. The van der Waals surface area contributed by atoms with Gasteiger partial charge in [-0.25, -0.2) is 14.3 Å². The first kappa shape index (κ1) is 29.2. The normalized spacial score (nSPS) is 18.5. The van der Waals surface area contributed by atoms with Crippen LogP contribution in [-0.4, -0.2) is 80.7 Å². The number of nitrogens with one attached hydrogen (secondary N) is 1. The van der Waals surface area contributed by atoms with Gasteiger partial charge in [0.1, 0.15) is 49.8 Å². The van der Waals surface area contributed by atoms with Gasteiger partial charge in [-0.15, -0.1) is 23.1 Å². The van der Waals surface area contributed by atoms with Crippen LogP contribution in [0.3, 0.4) is 0 Å². The van der Waals surface area contributed by atoms with Crippen LogP contribution in [0.4, 0.5) is 9.93 Å². The zero-order chi connectivity index (χ0) is 30.0. The number of carbonyl (C=O) groups is 4. The number of thiazole rings is 1. The van der Waals surface area contributed by atoms with Gasteiger partial charge < -0.3 is 36.3 Å². The molecule has 1 fully saturated rings. The third-order valence-electron chi connectivity index (χ3n) is 6.29. The van der Waals surface area contributed by atoms with E-state index >= 15 is 0 Å². The lowest BCUT2D eigenvalue weighted by molar-refractivity contribution is -0.554. The molecule has 2 aliphatic heterocycles. The highest BCUT2D eigenvalue weighted by Gasteiger charge is 2.53. The summed E-state index contributed by atoms with van der Waals surface area (Å²) in [6.07, 6.45) is 2.80. The predicted octanol–water partition coefficient (Wildman–Crippen LogP) is -1.09. The number of nitrogens with two attached hydrogens (primary N) is 2. The summed E-state index contributed by atoms with van der Waals surface area (Å²) in [5.41, 5.74) is 11.7. The van der Waals surface area contributed by atoms with Crippen molar-refractivity contribution in [3.63, 3.8) is 0 Å². The van der Waals surface area contributed by atoms with Crippen molar-refractivity contribution in [2.75, 3.05) is 31.0 Å². The summed E-state index contributed by atoms with van der Waals surface area (Å²) in [5.74, 6) is -2.01. The molecule has 220 valence electrons. The van der Waals surface area contributed by atoms with Crippen LogP contribution < -0.4 is 26.3 Å². The van der Waals surface area contributed by atoms with Crippen molar-refractivity contribution in [3.8, 4) is 0 Å². The quantitative estimate of drug-likeness (QED) is 0.0577. The number of imidazole rings is 1. The molecule has 42 heavy (non-hydrogen) atoms. The zero-order valence-electron chi connectivity index (χ0n) is 21.9. The van der Waals surface area contributed by atoms with E-state index in [1.165, 1.54) is 36.0 Å². The number of carboxylic acids is 1. The average molecular weight is 633 g/mol. The molecule has 3 aromatic heterocycles. The number of pyridine rings is 1. The van der Waals surface area contributed by atoms with Crippen molar-refractivity contribution < 1.29 is 38.3 Å². The Balaban J connectivity index is 1.32. The second kappa shape index (κ2) is 12.3. The molecule has 5 heterocycles. The number of amides is 3. The van der Waals surface area contributed by atoms with Gasteiger partial charge in [-0.2, -0.15) is 4.40 Å². The van der Waals surface area contributed by atoms with Crippen LogP contribution in [0.25, 0.3) is 5.65 Å². The van der Waals surface area contributed by atoms with Gasteiger partial charge in [-0.05, 0) is 12.1 Å². The van der Waals surface area contributed by atoms with Crippen molar-refractivity contribution in [1.29, 1.82) is 0 Å². The van der Waals surface area contributed by atoms with Gasteiger partial charge in [0.2, 0.25) is 0 Å². The molecule has 5 N–H and O–H groups in total. The van der Waals surface area contributed by atoms with E-state index < -0.39 is 35.3 Å². The standard InChI is InChI=1S/C24H24N8O7S3/c1-38-29-16(13-11-42-23(25)27-13)19(33)28-17-20(34)32-18(22(35)36)12(10-41-21(17)32)9-30-5-6-31-14(30)3-2-4-15(31)40-8-7-39-24(26)37/h2-6,11,17,21H,7-10H2,1H3,(H5-,25,26,27,28,33,35,36,37)/b29-16-/t17-,21+/m1/s1. The number of nitrogen functional groups attached to an aromatic ring is 1. The molecule has 0 radical (unpaired) electrons. The largest absolute Gasteiger partial charge is 0.543 e. The molecule has 5 rings (SSSR count). The minimum Gasteiger partial charge on any atom is -0.543 e. The smallest absolute Gasteiger partial charge is 0.404 e. The Morgan fingerprint density at radius 3 is 2.86 bits per heavy atom. The topological polar surface area (TPSA) is 211 Å². The number of carboxylic acid groups (broad SMARTS) is 1. The van der Waals surface area contributed by atoms with Crippen LogP contribution in [0.15, 0.2) is 57.4 Å². The van der Waals surface area contributed by atoms with Gasteiger partial charge in [-0.3, -0.25) is 14.5 Å². The van der Waals surface area contributed by atoms with Crippen LogP contribution in [0.5, 0.6) is 0 Å². The van der Waals surface area contributed by atoms with E-state index in [0.29, 0.717) is 11.3 Å². The van der Waals surface area contributed by atoms with Crippen LogP contribution in [0.2, 0.25) is 0 Å². The lowest BCUT2D eigenvalue weighted by Gasteiger charge is -2.50. The van der Waals surface area contributed by atoms with Crippen molar-refractivity contribution in [1.82, 2.24) is 19.8 Å². The van der Waals surface area contributed by atoms with Crippen LogP contribution in [-0.2, 0) is 30.5 Å². The Kier molecular flexibility index (Phi) is 8.55. The third kappa shape index (κ3) is 5.72. The predicted molar refractivity (Wildman–Crippen MR) is 151 cm³/mol. The van der Waals surface area contributed by atoms with Gasteiger partial charge >= 0.3 is 6.09 Å². The fourth-order valence-corrected chi connectivity index (χ4v) is 7.27. The number of β-lactam (4-membered cyclic amide) rings is 1. The number of hydrogen-bond donors (Lipinski definition) is 3. The first-order valence-corrected chi connectivity index (χ1v) is 15.2. The molecule has 0 spiro atoms. The number of rotatable bonds is 11. The van der Waals surface area contributed by atoms with Gasteiger partial charge in [-0.1, -0.05) is 16.9 Å². The molecule has 0 unspecified atom stereocenters. The molecule has 0 aromatic carbocycles. The molecule has 1 saturated heterocycles. The Hall–Kier alpha value is -4.29. The maximum Gasteiger partial charge on any atom is 0.404 e. The van der Waals surface area contributed by atoms with Gasteiger partial charge in [0, 0.05) is 28.5 Å². The highest BCUT2D eigenvalue weighted by molar-refractivity contribution is 8.00. The second-order valence-electron chi connectivity index (χ2n) is 8.83. The summed E-state index contributed by atoms with van der Waals surface area (Å²) < 4.78 is 8.56. The second-order valence-corrected chi connectivity index (χ2v) is 11.9. The number of primary amides is 1. The number of ether oxygens (including phenoxy) is 1. The Morgan fingerprint density at radius 2 is 2.17 bits per heavy atom. The summed E-state index contributed by atoms with van der Waals surface area (Å²) in [6.45, 7) is 0.346. The van der Waals surface area contributed by atoms with Crippen LogP contribution in [0, 0.1) is 0 Å². The Bertz CT molecular complexity index is 1630. The molecular formula is C24H24N8O7S3. The van der Waals surface area contributed by atoms with E-state index in [9.17, 15) is 24.3 Å². The number of anilines is 1. The van der Waals surface area contributed by atoms with Gasteiger partial charge in [0.15, 0.2) is 15.9 Å². The Morgan fingerprint density at radius 1 is 1.36 bits per heavy atom. The SMILES string of the molecule is CO/N=C(\C(=O)N[C@@H]1C(=O)N2C(C(=O)[O-])=C(Cn3cc[n+]4c(SCCOC(N)=O)cccc34)CS[C@@H]12)c1csc(N)n1. The maximum atomic E-state index is 13.2. The fourth-order valence-electron chi connectivity index (χ4n) is 4.54. The molecule has 0 bridgehead atoms. The fraction of sp³-hybridized carbons (Fsp3) is 0.292. The minimum atomic E-state index is -1.48. The summed E-state index contributed by atoms with van der Waals surface area (Å²) in [5, 5.41) is 20.6. The van der Waals surface area contributed by atoms with E-state index in [0.717, 1.165) is 26.9 Å². The maximum absolute atomic E-state index is 13.2. The summed E-state index contributed by atoms with van der Waals surface area (Å²) in [6, 6.07) is 4.64. The van der Waals surface area contributed by atoms with Gasteiger partial charge in [0.05, 0.1) is 11.7 Å². The molecule has 3 aromatic rings. The summed E-state index contributed by atoms with van der Waals surface area (Å²) in [7, 11) is 1.27. The van der Waals surface area contributed by atoms with Crippen molar-refractivity contribution in [2.45, 2.75) is 23.0 Å². The number of fused-ring (bicyclic) bond motifs is 2. The van der Waals surface area contributed by atoms with E-state index in [1.807, 2.05) is 33.4 Å². The van der Waals surface area contributed by atoms with Crippen LogP contribution in [0.1, 0.15) is 5.69 Å². The summed E-state index contributed by atoms with van der Waals surface area (Å²) in [4.78, 5) is 59.2. The van der Waals surface area contributed by atoms with Crippen LogP contribution >= 0.6 is 34.9 Å². The first-order valence-electron chi connectivity index (χ1n) is 12.3. The molecule has 2 aliphatic rings. The third-order valence-corrected chi connectivity index (χ3v) is 9.30. The number of aromatic nitrogens is 3. The number of thioether (sulfide) groups is 2. The average Bonchev–Trinajstić information content (AvgIpc) is 3.58. The van der Waals surface area contributed by atoms with Crippen molar-refractivity contribution in [2.24, 2.45) is 10.9 Å². The number of nitrogens with zero attached hydrogens (tertiary/aromatic N) is 5. The molecule has 15 nitrogen and oxygen atoms in total. The number of hydrogen-bond acceptors (Lipinski definition) is 13. The monoisotopic (exact) mass is 632 g/mol. The van der Waals surface area contributed by atoms with E-state index in [1.54, 1.807) is 6.20 Å².